The molecule has 3 heterocycles. The second-order valence-electron chi connectivity index (χ2n) is 8.39. The molecule has 2 N–H and O–H groups in total. The number of piperidine rings is 1. The van der Waals surface area contributed by atoms with Crippen LogP contribution in [-0.4, -0.2) is 48.8 Å². The lowest BCUT2D eigenvalue weighted by atomic mass is 9.61. The fraction of sp³-hybridized carbons (Fsp3) is 0.476. The Morgan fingerprint density at radius 1 is 1.46 bits per heavy atom. The van der Waals surface area contributed by atoms with Crippen molar-refractivity contribution in [2.75, 3.05) is 32.6 Å². The average molecular weight is 353 g/mol. The lowest BCUT2D eigenvalue weighted by Crippen LogP contribution is -2.61. The average Bonchev–Trinajstić information content (AvgIpc) is 3.14. The number of carbonyl (C=O) groups is 1. The van der Waals surface area contributed by atoms with Gasteiger partial charge in [-0.2, -0.15) is 0 Å². The van der Waals surface area contributed by atoms with Crippen molar-refractivity contribution in [2.45, 2.75) is 31.2 Å². The predicted molar refractivity (Wildman–Crippen MR) is 98.6 cm³/mol. The third-order valence-electron chi connectivity index (χ3n) is 7.37. The monoisotopic (exact) mass is 353 g/mol. The van der Waals surface area contributed by atoms with E-state index in [0.717, 1.165) is 52.9 Å². The molecule has 1 aliphatic carbocycles. The fourth-order valence-electron chi connectivity index (χ4n) is 6.26. The molecule has 1 aromatic carbocycles. The number of esters is 1. The minimum atomic E-state index is -0.227. The second kappa shape index (κ2) is 4.92. The highest BCUT2D eigenvalue weighted by molar-refractivity contribution is 5.94. The van der Waals surface area contributed by atoms with Crippen LogP contribution in [0.2, 0.25) is 0 Å². The van der Waals surface area contributed by atoms with Gasteiger partial charge in [-0.15, -0.1) is 0 Å². The molecule has 4 aliphatic rings. The molecule has 1 aromatic rings. The number of hydrogen-bond acceptors (Lipinski definition) is 4. The minimum absolute atomic E-state index is 0.125. The number of methoxy groups -OCH3 is 1. The van der Waals surface area contributed by atoms with Gasteiger partial charge in [0.25, 0.3) is 0 Å². The number of likely N-dealkylation sites (N-methyl/N-ethyl adjacent to an activating group) is 1. The zero-order valence-electron chi connectivity index (χ0n) is 15.5. The summed E-state index contributed by atoms with van der Waals surface area (Å²) in [5.74, 6) is 0.184. The van der Waals surface area contributed by atoms with Crippen molar-refractivity contribution in [3.63, 3.8) is 0 Å². The van der Waals surface area contributed by atoms with Crippen LogP contribution < -0.4 is 5.32 Å². The number of aromatic hydroxyl groups is 1. The molecule has 136 valence electrons. The molecule has 0 radical (unpaired) electrons. The number of rotatable bonds is 1. The van der Waals surface area contributed by atoms with Crippen LogP contribution in [0.1, 0.15) is 25.3 Å². The zero-order chi connectivity index (χ0) is 18.3. The maximum absolute atomic E-state index is 12.8. The number of phenols is 1. The first-order chi connectivity index (χ1) is 12.4. The number of quaternary nitrogens is 1. The standard InChI is InChI=1S/C21H24N2O3/c1-4-12-11-23(2)8-7-21-15-9-13(24)5-6-16(15)22-19(21)18(20(25)26-3)14(12)10-17(21)23/h4-6,9,14,17H,7-8,10-11H2,1-3H3,(H-,22,24,25)/p+1. The van der Waals surface area contributed by atoms with Crippen molar-refractivity contribution in [3.8, 4) is 5.75 Å². The Bertz CT molecular complexity index is 903. The Morgan fingerprint density at radius 3 is 3.00 bits per heavy atom. The summed E-state index contributed by atoms with van der Waals surface area (Å²) in [5, 5.41) is 13.7. The zero-order valence-corrected chi connectivity index (χ0v) is 15.5. The van der Waals surface area contributed by atoms with E-state index in [4.69, 9.17) is 4.74 Å². The van der Waals surface area contributed by atoms with Crippen molar-refractivity contribution in [1.29, 1.82) is 0 Å². The van der Waals surface area contributed by atoms with E-state index in [9.17, 15) is 9.90 Å². The molecule has 2 saturated heterocycles. The number of ether oxygens (including phenoxy) is 1. The van der Waals surface area contributed by atoms with E-state index in [-0.39, 0.29) is 23.1 Å². The molecule has 2 fully saturated rings. The van der Waals surface area contributed by atoms with Crippen molar-refractivity contribution in [2.24, 2.45) is 5.92 Å². The van der Waals surface area contributed by atoms with Gasteiger partial charge in [0.15, 0.2) is 0 Å². The van der Waals surface area contributed by atoms with Crippen LogP contribution in [0.25, 0.3) is 0 Å². The third-order valence-corrected chi connectivity index (χ3v) is 7.37. The topological polar surface area (TPSA) is 58.6 Å². The van der Waals surface area contributed by atoms with Gasteiger partial charge < -0.3 is 19.6 Å². The highest BCUT2D eigenvalue weighted by Crippen LogP contribution is 2.63. The minimum Gasteiger partial charge on any atom is -0.508 e. The Hall–Kier alpha value is -2.27. The number of carbonyl (C=O) groups excluding carboxylic acids is 1. The summed E-state index contributed by atoms with van der Waals surface area (Å²) < 4.78 is 6.22. The highest BCUT2D eigenvalue weighted by Gasteiger charge is 2.68. The fourth-order valence-corrected chi connectivity index (χ4v) is 6.26. The summed E-state index contributed by atoms with van der Waals surface area (Å²) in [6.45, 7) is 4.13. The first kappa shape index (κ1) is 15.9. The maximum Gasteiger partial charge on any atom is 0.336 e. The van der Waals surface area contributed by atoms with E-state index in [1.165, 1.54) is 12.7 Å². The molecular formula is C21H25N2O3+. The maximum atomic E-state index is 12.8. The number of phenolic OH excluding ortho intramolecular Hbond substituents is 1. The molecule has 4 unspecified atom stereocenters. The van der Waals surface area contributed by atoms with Gasteiger partial charge in [0, 0.05) is 30.1 Å². The molecular weight excluding hydrogens is 328 g/mol. The predicted octanol–water partition coefficient (Wildman–Crippen LogP) is 2.68. The van der Waals surface area contributed by atoms with Crippen LogP contribution in [0, 0.1) is 5.92 Å². The molecule has 26 heavy (non-hydrogen) atoms. The highest BCUT2D eigenvalue weighted by atomic mass is 16.5. The van der Waals surface area contributed by atoms with E-state index >= 15 is 0 Å². The van der Waals surface area contributed by atoms with Gasteiger partial charge in [0.05, 0.1) is 31.7 Å². The SMILES string of the molecule is CC=C1C[N+]2(C)CCC34C(=C(C(=O)OC)C1CC32)Nc1ccc(O)cc14. The Labute approximate surface area is 153 Å². The molecule has 0 amide bonds. The molecule has 5 heteroatoms. The van der Waals surface area contributed by atoms with Crippen LogP contribution in [0.15, 0.2) is 41.1 Å². The normalized spacial score (nSPS) is 38.0. The van der Waals surface area contributed by atoms with E-state index in [2.05, 4.69) is 25.4 Å². The van der Waals surface area contributed by atoms with E-state index in [1.807, 2.05) is 12.1 Å². The number of nitrogens with one attached hydrogen (secondary N) is 1. The second-order valence-corrected chi connectivity index (χ2v) is 8.39. The molecule has 1 spiro atoms. The smallest absolute Gasteiger partial charge is 0.336 e. The van der Waals surface area contributed by atoms with Crippen LogP contribution in [0.4, 0.5) is 5.69 Å². The molecule has 3 aliphatic heterocycles. The van der Waals surface area contributed by atoms with Gasteiger partial charge in [-0.25, -0.2) is 4.79 Å². The van der Waals surface area contributed by atoms with Crippen LogP contribution in [0.5, 0.6) is 5.75 Å². The van der Waals surface area contributed by atoms with Crippen molar-refractivity contribution in [3.05, 3.63) is 46.7 Å². The summed E-state index contributed by atoms with van der Waals surface area (Å²) in [6, 6.07) is 5.95. The number of allylic oxidation sites excluding steroid dienone is 1. The number of hydrogen-bond donors (Lipinski definition) is 2. The van der Waals surface area contributed by atoms with Gasteiger partial charge in [0.1, 0.15) is 18.3 Å². The molecule has 0 saturated carbocycles. The summed E-state index contributed by atoms with van der Waals surface area (Å²) >= 11 is 0. The summed E-state index contributed by atoms with van der Waals surface area (Å²) in [5.41, 5.74) is 5.09. The van der Waals surface area contributed by atoms with Gasteiger partial charge in [-0.3, -0.25) is 0 Å². The lowest BCUT2D eigenvalue weighted by Gasteiger charge is -2.51. The number of fused-ring (bicyclic) bond motifs is 2. The molecule has 5 rings (SSSR count). The van der Waals surface area contributed by atoms with Crippen LogP contribution >= 0.6 is 0 Å². The first-order valence-electron chi connectivity index (χ1n) is 9.37. The van der Waals surface area contributed by atoms with Crippen LogP contribution in [0.3, 0.4) is 0 Å². The summed E-state index contributed by atoms with van der Waals surface area (Å²) in [7, 11) is 3.82. The Kier molecular flexibility index (Phi) is 3.01. The Morgan fingerprint density at radius 2 is 2.27 bits per heavy atom. The molecule has 5 nitrogen and oxygen atoms in total. The summed E-state index contributed by atoms with van der Waals surface area (Å²) in [6.07, 6.45) is 4.13. The largest absolute Gasteiger partial charge is 0.508 e. The first-order valence-corrected chi connectivity index (χ1v) is 9.37. The van der Waals surface area contributed by atoms with E-state index in [1.54, 1.807) is 6.07 Å². The van der Waals surface area contributed by atoms with E-state index < -0.39 is 0 Å². The molecule has 0 aromatic heterocycles. The van der Waals surface area contributed by atoms with Crippen molar-refractivity contribution < 1.29 is 19.1 Å². The number of benzene rings is 1. The molecule has 2 bridgehead atoms. The van der Waals surface area contributed by atoms with Gasteiger partial charge in [0.2, 0.25) is 0 Å². The summed E-state index contributed by atoms with van der Waals surface area (Å²) in [4.78, 5) is 12.8. The van der Waals surface area contributed by atoms with Crippen LogP contribution in [-0.2, 0) is 14.9 Å². The quantitative estimate of drug-likeness (QED) is 0.353. The van der Waals surface area contributed by atoms with Crippen molar-refractivity contribution >= 4 is 11.7 Å². The van der Waals surface area contributed by atoms with Gasteiger partial charge in [-0.05, 0) is 36.3 Å². The van der Waals surface area contributed by atoms with Gasteiger partial charge in [-0.1, -0.05) is 6.08 Å². The van der Waals surface area contributed by atoms with Gasteiger partial charge >= 0.3 is 5.97 Å². The number of anilines is 1. The molecule has 4 atom stereocenters. The number of nitrogens with zero attached hydrogens (tertiary/aromatic N) is 1. The lowest BCUT2D eigenvalue weighted by molar-refractivity contribution is -0.923. The third kappa shape index (κ3) is 1.67. The Balaban J connectivity index is 1.85. The van der Waals surface area contributed by atoms with E-state index in [0.29, 0.717) is 6.04 Å². The van der Waals surface area contributed by atoms with Crippen molar-refractivity contribution in [1.82, 2.24) is 0 Å².